The van der Waals surface area contributed by atoms with E-state index in [4.69, 9.17) is 23.3 Å². The molecule has 1 aliphatic heterocycles. The van der Waals surface area contributed by atoms with E-state index in [1.165, 1.54) is 96.3 Å². The zero-order valence-electron chi connectivity index (χ0n) is 39.3. The largest absolute Gasteiger partial charge is 0.472 e. The average molecular weight is 931 g/mol. The van der Waals surface area contributed by atoms with Gasteiger partial charge in [-0.2, -0.15) is 0 Å². The van der Waals surface area contributed by atoms with Crippen LogP contribution >= 0.6 is 7.82 Å². The second-order valence-electron chi connectivity index (χ2n) is 17.7. The molecule has 1 saturated carbocycles. The number of phosphoric acid groups is 1. The molecule has 0 aromatic carbocycles. The van der Waals surface area contributed by atoms with Crippen LogP contribution in [0.2, 0.25) is 0 Å². The predicted octanol–water partition coefficient (Wildman–Crippen LogP) is 9.16. The van der Waals surface area contributed by atoms with Crippen molar-refractivity contribution in [3.8, 4) is 0 Å². The van der Waals surface area contributed by atoms with Crippen molar-refractivity contribution in [1.29, 1.82) is 0 Å². The molecule has 0 bridgehead atoms. The SMILES string of the molecule is CCCCC/C=C\C/C=C\C/C=C\CC1OC1CCCC(=O)OC[C@H](COP(=O)(O)OC1[C@H](O)[C@H](O)C(O)[C@H](O)[C@H]1O)OC(=O)CCCCCCCCCCCCCCCCCCC. The number of aliphatic hydroxyl groups is 5. The van der Waals surface area contributed by atoms with Gasteiger partial charge in [0.1, 0.15) is 43.2 Å². The molecule has 1 aliphatic carbocycles. The Kier molecular flexibility index (Phi) is 32.8. The maximum Gasteiger partial charge on any atom is 0.472 e. The van der Waals surface area contributed by atoms with Gasteiger partial charge in [0.05, 0.1) is 18.8 Å². The summed E-state index contributed by atoms with van der Waals surface area (Å²) < 4.78 is 39.4. The van der Waals surface area contributed by atoms with Crippen molar-refractivity contribution in [3.05, 3.63) is 36.5 Å². The number of unbranched alkanes of at least 4 members (excludes halogenated alkanes) is 19. The zero-order valence-corrected chi connectivity index (χ0v) is 40.2. The number of esters is 2. The van der Waals surface area contributed by atoms with Crippen molar-refractivity contribution in [2.75, 3.05) is 13.2 Å². The summed E-state index contributed by atoms with van der Waals surface area (Å²) in [7, 11) is -5.14. The molecule has 14 nitrogen and oxygen atoms in total. The van der Waals surface area contributed by atoms with Crippen LogP contribution in [0, 0.1) is 0 Å². The summed E-state index contributed by atoms with van der Waals surface area (Å²) in [5.74, 6) is -1.17. The van der Waals surface area contributed by atoms with Crippen LogP contribution in [0.1, 0.15) is 194 Å². The molecule has 0 radical (unpaired) electrons. The Bertz CT molecular complexity index is 1330. The Labute approximate surface area is 384 Å². The highest BCUT2D eigenvalue weighted by molar-refractivity contribution is 7.47. The number of hydrogen-bond donors (Lipinski definition) is 6. The molecule has 0 amide bonds. The van der Waals surface area contributed by atoms with Crippen LogP contribution in [0.15, 0.2) is 36.5 Å². The molecule has 2 aliphatic rings. The summed E-state index contributed by atoms with van der Waals surface area (Å²) in [5.41, 5.74) is 0. The lowest BCUT2D eigenvalue weighted by Gasteiger charge is -2.41. The predicted molar refractivity (Wildman–Crippen MR) is 248 cm³/mol. The van der Waals surface area contributed by atoms with E-state index in [1.807, 2.05) is 0 Å². The lowest BCUT2D eigenvalue weighted by molar-refractivity contribution is -0.220. The van der Waals surface area contributed by atoms with Gasteiger partial charge in [0.15, 0.2) is 6.10 Å². The summed E-state index contributed by atoms with van der Waals surface area (Å²) in [5, 5.41) is 50.3. The first-order valence-corrected chi connectivity index (χ1v) is 26.4. The van der Waals surface area contributed by atoms with Crippen molar-refractivity contribution < 1.29 is 67.8 Å². The Morgan fingerprint density at radius 1 is 0.562 bits per heavy atom. The van der Waals surface area contributed by atoms with Crippen LogP contribution in [-0.4, -0.2) is 111 Å². The van der Waals surface area contributed by atoms with E-state index in [0.29, 0.717) is 19.3 Å². The molecule has 0 spiro atoms. The van der Waals surface area contributed by atoms with Crippen LogP contribution < -0.4 is 0 Å². The molecule has 1 saturated heterocycles. The van der Waals surface area contributed by atoms with E-state index in [0.717, 1.165) is 51.4 Å². The molecule has 15 heteroatoms. The fourth-order valence-corrected chi connectivity index (χ4v) is 8.76. The summed E-state index contributed by atoms with van der Waals surface area (Å²) in [4.78, 5) is 35.9. The summed E-state index contributed by atoms with van der Waals surface area (Å²) in [6.07, 6.45) is 29.2. The van der Waals surface area contributed by atoms with E-state index < -0.39 is 75.7 Å². The molecule has 6 N–H and O–H groups in total. The third kappa shape index (κ3) is 27.6. The van der Waals surface area contributed by atoms with Gasteiger partial charge in [-0.3, -0.25) is 18.6 Å². The van der Waals surface area contributed by atoms with E-state index in [9.17, 15) is 44.6 Å². The topological polar surface area (TPSA) is 222 Å². The standard InChI is InChI=1S/C49H87O14P/c1-3-5-7-9-11-13-15-17-18-19-20-21-23-25-27-29-31-35-43(51)61-39(38-60-64(57,58)63-49-47(55)45(53)44(52)46(54)48(49)56)37-59-42(50)36-32-34-41-40(62-41)33-30-28-26-24-22-16-14-12-10-8-6-4-2/h12,14,22,24,28,30,39-41,44-49,52-56H,3-11,13,15-21,23,25-27,29,31-38H2,1-2H3,(H,57,58)/b14-12-,24-22-,30-28-/t39-,40?,41?,44?,45-,46+,47-,48-,49?/m1/s1. The van der Waals surface area contributed by atoms with Gasteiger partial charge in [-0.15, -0.1) is 0 Å². The van der Waals surface area contributed by atoms with Gasteiger partial charge in [-0.25, -0.2) is 4.57 Å². The summed E-state index contributed by atoms with van der Waals surface area (Å²) in [6, 6.07) is 0. The van der Waals surface area contributed by atoms with Crippen LogP contribution in [0.5, 0.6) is 0 Å². The van der Waals surface area contributed by atoms with Gasteiger partial charge in [0.25, 0.3) is 0 Å². The highest BCUT2D eigenvalue weighted by atomic mass is 31.2. The number of epoxide rings is 1. The number of hydrogen-bond acceptors (Lipinski definition) is 13. The highest BCUT2D eigenvalue weighted by Crippen LogP contribution is 2.47. The normalized spacial score (nSPS) is 25.0. The van der Waals surface area contributed by atoms with Crippen LogP contribution in [0.3, 0.4) is 0 Å². The first-order chi connectivity index (χ1) is 30.9. The second kappa shape index (κ2) is 36.1. The zero-order chi connectivity index (χ0) is 46.8. The molecule has 0 aromatic heterocycles. The Morgan fingerprint density at radius 2 is 1.03 bits per heavy atom. The summed E-state index contributed by atoms with van der Waals surface area (Å²) in [6.45, 7) is 3.23. The number of phosphoric ester groups is 1. The lowest BCUT2D eigenvalue weighted by Crippen LogP contribution is -2.64. The number of allylic oxidation sites excluding steroid dienone is 5. The van der Waals surface area contributed by atoms with Gasteiger partial charge >= 0.3 is 19.8 Å². The van der Waals surface area contributed by atoms with Crippen molar-refractivity contribution in [2.45, 2.75) is 249 Å². The van der Waals surface area contributed by atoms with Crippen molar-refractivity contribution in [2.24, 2.45) is 0 Å². The molecule has 64 heavy (non-hydrogen) atoms. The van der Waals surface area contributed by atoms with E-state index in [2.05, 4.69) is 50.3 Å². The lowest BCUT2D eigenvalue weighted by atomic mass is 9.85. The molecule has 10 atom stereocenters. The van der Waals surface area contributed by atoms with E-state index >= 15 is 0 Å². The van der Waals surface area contributed by atoms with Gasteiger partial charge in [0.2, 0.25) is 0 Å². The third-order valence-electron chi connectivity index (χ3n) is 11.9. The number of ether oxygens (including phenoxy) is 3. The van der Waals surface area contributed by atoms with Crippen molar-refractivity contribution in [3.63, 3.8) is 0 Å². The average Bonchev–Trinajstić information content (AvgIpc) is 4.03. The smallest absolute Gasteiger partial charge is 0.462 e. The number of carbonyl (C=O) groups excluding carboxylic acids is 2. The van der Waals surface area contributed by atoms with E-state index in [-0.39, 0.29) is 25.0 Å². The summed E-state index contributed by atoms with van der Waals surface area (Å²) >= 11 is 0. The molecule has 2 fully saturated rings. The van der Waals surface area contributed by atoms with Gasteiger partial charge < -0.3 is 44.6 Å². The van der Waals surface area contributed by atoms with E-state index in [1.54, 1.807) is 0 Å². The Morgan fingerprint density at radius 3 is 1.59 bits per heavy atom. The third-order valence-corrected chi connectivity index (χ3v) is 12.9. The van der Waals surface area contributed by atoms with Crippen LogP contribution in [0.4, 0.5) is 0 Å². The van der Waals surface area contributed by atoms with Gasteiger partial charge in [-0.1, -0.05) is 166 Å². The van der Waals surface area contributed by atoms with Crippen LogP contribution in [0.25, 0.3) is 0 Å². The molecule has 5 unspecified atom stereocenters. The molecular formula is C49H87O14P. The van der Waals surface area contributed by atoms with Gasteiger partial charge in [-0.05, 0) is 51.4 Å². The minimum absolute atomic E-state index is 0.0627. The molecular weight excluding hydrogens is 843 g/mol. The first-order valence-electron chi connectivity index (χ1n) is 24.9. The highest BCUT2D eigenvalue weighted by Gasteiger charge is 2.51. The fraction of sp³-hybridized carbons (Fsp3) is 0.837. The minimum atomic E-state index is -5.14. The Hall–Kier alpha value is -1.97. The number of aliphatic hydroxyl groups excluding tert-OH is 5. The maximum atomic E-state index is 12.9. The van der Waals surface area contributed by atoms with Crippen molar-refractivity contribution in [1.82, 2.24) is 0 Å². The van der Waals surface area contributed by atoms with Crippen molar-refractivity contribution >= 4 is 19.8 Å². The number of carbonyl (C=O) groups is 2. The minimum Gasteiger partial charge on any atom is -0.462 e. The maximum absolute atomic E-state index is 12.9. The molecule has 372 valence electrons. The van der Waals surface area contributed by atoms with Gasteiger partial charge in [0, 0.05) is 12.8 Å². The Balaban J connectivity index is 1.71. The second-order valence-corrected chi connectivity index (χ2v) is 19.1. The molecule has 1 heterocycles. The van der Waals surface area contributed by atoms with Crippen LogP contribution in [-0.2, 0) is 37.4 Å². The number of rotatable bonds is 40. The quantitative estimate of drug-likeness (QED) is 0.0111. The monoisotopic (exact) mass is 931 g/mol. The molecule has 0 aromatic rings. The molecule has 2 rings (SSSR count). The fourth-order valence-electron chi connectivity index (χ4n) is 7.79. The first kappa shape index (κ1) is 58.2.